The van der Waals surface area contributed by atoms with Crippen LogP contribution in [0.1, 0.15) is 17.7 Å². The van der Waals surface area contributed by atoms with Crippen molar-refractivity contribution in [3.63, 3.8) is 0 Å². The van der Waals surface area contributed by atoms with E-state index < -0.39 is 0 Å². The molecule has 1 atom stereocenters. The minimum absolute atomic E-state index is 0.0582. The molecule has 1 aliphatic rings. The zero-order chi connectivity index (χ0) is 16.9. The van der Waals surface area contributed by atoms with E-state index in [4.69, 9.17) is 4.52 Å². The Kier molecular flexibility index (Phi) is 5.10. The monoisotopic (exact) mass is 329 g/mol. The fourth-order valence-electron chi connectivity index (χ4n) is 2.86. The lowest BCUT2D eigenvalue weighted by molar-refractivity contribution is -0.117. The van der Waals surface area contributed by atoms with Gasteiger partial charge in [-0.3, -0.25) is 9.69 Å². The van der Waals surface area contributed by atoms with Crippen molar-refractivity contribution < 1.29 is 9.32 Å². The number of pyridine rings is 1. The number of hydrogen-bond donors (Lipinski definition) is 2. The van der Waals surface area contributed by atoms with Gasteiger partial charge in [-0.2, -0.15) is 0 Å². The molecule has 1 aliphatic heterocycles. The zero-order valence-corrected chi connectivity index (χ0v) is 14.1. The Balaban J connectivity index is 1.40. The average molecular weight is 329 g/mol. The molecule has 0 radical (unpaired) electrons. The summed E-state index contributed by atoms with van der Waals surface area (Å²) >= 11 is 0. The molecule has 2 aromatic rings. The molecule has 0 bridgehead atoms. The fourth-order valence-corrected chi connectivity index (χ4v) is 2.86. The third-order valence-corrected chi connectivity index (χ3v) is 4.12. The second-order valence-corrected chi connectivity index (χ2v) is 6.36. The standard InChI is InChI=1S/C17H23N5O2/c1-12-3-4-15(18-8-12)19-9-14-5-6-22(10-14)11-17(23)20-16-7-13(2)24-21-16/h3-4,7-8,14H,5-6,9-11H2,1-2H3,(H,18,19)(H,20,21,23). The van der Waals surface area contributed by atoms with Crippen LogP contribution >= 0.6 is 0 Å². The molecule has 3 heterocycles. The van der Waals surface area contributed by atoms with Crippen LogP contribution in [0.5, 0.6) is 0 Å². The smallest absolute Gasteiger partial charge is 0.239 e. The molecular formula is C17H23N5O2. The summed E-state index contributed by atoms with van der Waals surface area (Å²) < 4.78 is 4.94. The van der Waals surface area contributed by atoms with Gasteiger partial charge >= 0.3 is 0 Å². The van der Waals surface area contributed by atoms with E-state index in [1.165, 1.54) is 0 Å². The minimum Gasteiger partial charge on any atom is -0.370 e. The van der Waals surface area contributed by atoms with Crippen LogP contribution in [0.2, 0.25) is 0 Å². The van der Waals surface area contributed by atoms with E-state index in [-0.39, 0.29) is 5.91 Å². The summed E-state index contributed by atoms with van der Waals surface area (Å²) in [6, 6.07) is 5.75. The van der Waals surface area contributed by atoms with E-state index >= 15 is 0 Å². The highest BCUT2D eigenvalue weighted by Gasteiger charge is 2.24. The molecule has 0 spiro atoms. The van der Waals surface area contributed by atoms with Gasteiger partial charge < -0.3 is 15.2 Å². The summed E-state index contributed by atoms with van der Waals surface area (Å²) in [5.41, 5.74) is 1.15. The maximum absolute atomic E-state index is 12.0. The van der Waals surface area contributed by atoms with Crippen LogP contribution in [-0.4, -0.2) is 47.1 Å². The van der Waals surface area contributed by atoms with E-state index in [9.17, 15) is 4.79 Å². The molecule has 0 saturated carbocycles. The third kappa shape index (κ3) is 4.55. The number of anilines is 2. The molecule has 0 aliphatic carbocycles. The van der Waals surface area contributed by atoms with Gasteiger partial charge in [0.05, 0.1) is 6.54 Å². The van der Waals surface area contributed by atoms with Gasteiger partial charge in [0.1, 0.15) is 11.6 Å². The maximum atomic E-state index is 12.0. The largest absolute Gasteiger partial charge is 0.370 e. The summed E-state index contributed by atoms with van der Waals surface area (Å²) in [6.45, 7) is 6.91. The van der Waals surface area contributed by atoms with Crippen LogP contribution in [0.3, 0.4) is 0 Å². The van der Waals surface area contributed by atoms with Crippen LogP contribution < -0.4 is 10.6 Å². The Morgan fingerprint density at radius 1 is 1.38 bits per heavy atom. The van der Waals surface area contributed by atoms with Gasteiger partial charge in [0.2, 0.25) is 5.91 Å². The van der Waals surface area contributed by atoms with Crippen LogP contribution in [0.4, 0.5) is 11.6 Å². The van der Waals surface area contributed by atoms with Gasteiger partial charge in [0, 0.05) is 25.4 Å². The quantitative estimate of drug-likeness (QED) is 0.844. The third-order valence-electron chi connectivity index (χ3n) is 4.12. The molecule has 24 heavy (non-hydrogen) atoms. The predicted octanol–water partition coefficient (Wildman–Crippen LogP) is 2.06. The molecule has 2 N–H and O–H groups in total. The number of carbonyl (C=O) groups excluding carboxylic acids is 1. The summed E-state index contributed by atoms with van der Waals surface area (Å²) in [4.78, 5) is 18.6. The highest BCUT2D eigenvalue weighted by Crippen LogP contribution is 2.17. The molecule has 1 unspecified atom stereocenters. The van der Waals surface area contributed by atoms with Crippen molar-refractivity contribution in [3.8, 4) is 0 Å². The Morgan fingerprint density at radius 3 is 2.96 bits per heavy atom. The maximum Gasteiger partial charge on any atom is 0.239 e. The van der Waals surface area contributed by atoms with Crippen molar-refractivity contribution in [2.45, 2.75) is 20.3 Å². The minimum atomic E-state index is -0.0582. The lowest BCUT2D eigenvalue weighted by Crippen LogP contribution is -2.32. The highest BCUT2D eigenvalue weighted by molar-refractivity contribution is 5.91. The number of amides is 1. The summed E-state index contributed by atoms with van der Waals surface area (Å²) in [7, 11) is 0. The summed E-state index contributed by atoms with van der Waals surface area (Å²) in [5.74, 6) is 2.52. The van der Waals surface area contributed by atoms with Crippen LogP contribution in [0.15, 0.2) is 28.9 Å². The SMILES string of the molecule is Cc1ccc(NCC2CCN(CC(=O)Nc3cc(C)on3)C2)nc1. The van der Waals surface area contributed by atoms with E-state index in [2.05, 4.69) is 25.7 Å². The van der Waals surface area contributed by atoms with Crippen molar-refractivity contribution in [2.24, 2.45) is 5.92 Å². The number of nitrogens with zero attached hydrogens (tertiary/aromatic N) is 3. The van der Waals surface area contributed by atoms with Gasteiger partial charge in [-0.25, -0.2) is 4.98 Å². The molecule has 2 aromatic heterocycles. The Hall–Kier alpha value is -2.41. The Morgan fingerprint density at radius 2 is 2.25 bits per heavy atom. The normalized spacial score (nSPS) is 17.8. The number of carbonyl (C=O) groups is 1. The van der Waals surface area contributed by atoms with E-state index in [0.717, 1.165) is 37.4 Å². The number of likely N-dealkylation sites (tertiary alicyclic amines) is 1. The lowest BCUT2D eigenvalue weighted by atomic mass is 10.1. The molecule has 1 saturated heterocycles. The first-order valence-electron chi connectivity index (χ1n) is 8.20. The van der Waals surface area contributed by atoms with Gasteiger partial charge in [0.25, 0.3) is 0 Å². The predicted molar refractivity (Wildman–Crippen MR) is 91.9 cm³/mol. The van der Waals surface area contributed by atoms with Crippen LogP contribution in [0.25, 0.3) is 0 Å². The molecule has 7 nitrogen and oxygen atoms in total. The van der Waals surface area contributed by atoms with Crippen LogP contribution in [-0.2, 0) is 4.79 Å². The first-order valence-corrected chi connectivity index (χ1v) is 8.20. The second-order valence-electron chi connectivity index (χ2n) is 6.36. The van der Waals surface area contributed by atoms with Gasteiger partial charge in [-0.15, -0.1) is 0 Å². The Labute approximate surface area is 141 Å². The first-order chi connectivity index (χ1) is 11.6. The highest BCUT2D eigenvalue weighted by atomic mass is 16.5. The van der Waals surface area contributed by atoms with Crippen molar-refractivity contribution >= 4 is 17.5 Å². The van der Waals surface area contributed by atoms with E-state index in [1.807, 2.05) is 25.3 Å². The second kappa shape index (κ2) is 7.44. The van der Waals surface area contributed by atoms with E-state index in [0.29, 0.717) is 24.0 Å². The number of aromatic nitrogens is 2. The van der Waals surface area contributed by atoms with Crippen molar-refractivity contribution in [3.05, 3.63) is 35.7 Å². The number of nitrogens with one attached hydrogen (secondary N) is 2. The Bertz CT molecular complexity index is 683. The number of rotatable bonds is 6. The lowest BCUT2D eigenvalue weighted by Gasteiger charge is -2.15. The van der Waals surface area contributed by atoms with Crippen molar-refractivity contribution in [1.82, 2.24) is 15.0 Å². The van der Waals surface area contributed by atoms with Gasteiger partial charge in [-0.05, 0) is 44.4 Å². The molecule has 3 rings (SSSR count). The number of aryl methyl sites for hydroxylation is 2. The van der Waals surface area contributed by atoms with Crippen molar-refractivity contribution in [1.29, 1.82) is 0 Å². The average Bonchev–Trinajstić information content (AvgIpc) is 3.16. The zero-order valence-electron chi connectivity index (χ0n) is 14.1. The number of hydrogen-bond acceptors (Lipinski definition) is 6. The van der Waals surface area contributed by atoms with Crippen molar-refractivity contribution in [2.75, 3.05) is 36.8 Å². The topological polar surface area (TPSA) is 83.3 Å². The molecule has 1 fully saturated rings. The molecule has 7 heteroatoms. The molecule has 128 valence electrons. The van der Waals surface area contributed by atoms with Gasteiger partial charge in [-0.1, -0.05) is 11.2 Å². The summed E-state index contributed by atoms with van der Waals surface area (Å²) in [5, 5.41) is 9.90. The molecule has 1 amide bonds. The van der Waals surface area contributed by atoms with Crippen LogP contribution in [0, 0.1) is 19.8 Å². The molecule has 0 aromatic carbocycles. The first kappa shape index (κ1) is 16.4. The van der Waals surface area contributed by atoms with E-state index in [1.54, 1.807) is 13.0 Å². The molecular weight excluding hydrogens is 306 g/mol. The van der Waals surface area contributed by atoms with Gasteiger partial charge in [0.15, 0.2) is 5.82 Å². The summed E-state index contributed by atoms with van der Waals surface area (Å²) in [6.07, 6.45) is 2.94. The fraction of sp³-hybridized carbons (Fsp3) is 0.471.